The summed E-state index contributed by atoms with van der Waals surface area (Å²) in [7, 11) is 0. The summed E-state index contributed by atoms with van der Waals surface area (Å²) in [6.45, 7) is 1.24. The summed E-state index contributed by atoms with van der Waals surface area (Å²) < 4.78 is 5.12. The maximum atomic E-state index is 11.4. The van der Waals surface area contributed by atoms with Crippen molar-refractivity contribution < 1.29 is 19.7 Å². The zero-order valence-electron chi connectivity index (χ0n) is 8.25. The van der Waals surface area contributed by atoms with E-state index in [0.29, 0.717) is 5.56 Å². The van der Waals surface area contributed by atoms with E-state index in [0.717, 1.165) is 0 Å². The third kappa shape index (κ3) is 1.67. The number of aliphatic hydroxyl groups is 2. The van der Waals surface area contributed by atoms with Crippen LogP contribution in [0.5, 0.6) is 0 Å². The summed E-state index contributed by atoms with van der Waals surface area (Å²) in [5, 5.41) is 19.1. The number of ether oxygens (including phenoxy) is 1. The molecule has 3 unspecified atom stereocenters. The molecule has 80 valence electrons. The van der Waals surface area contributed by atoms with Crippen molar-refractivity contribution in [2.75, 3.05) is 0 Å². The molecule has 4 heteroatoms. The van der Waals surface area contributed by atoms with Crippen molar-refractivity contribution in [1.29, 1.82) is 0 Å². The van der Waals surface area contributed by atoms with Gasteiger partial charge in [-0.2, -0.15) is 0 Å². The van der Waals surface area contributed by atoms with Gasteiger partial charge < -0.3 is 14.9 Å². The molecular formula is C11H12O4. The predicted octanol–water partition coefficient (Wildman–Crippen LogP) is 0.396. The number of Topliss-reactive ketones (excluding diaryl/α,β-unsaturated/α-hetero) is 1. The molecule has 0 saturated carbocycles. The first kappa shape index (κ1) is 10.3. The number of aliphatic hydroxyl groups excluding tert-OH is 1. The Bertz CT molecular complexity index is 371. The molecule has 1 aromatic carbocycles. The number of carbonyl (C=O) groups excluding carboxylic acids is 1. The second kappa shape index (κ2) is 3.41. The Morgan fingerprint density at radius 1 is 1.33 bits per heavy atom. The first-order chi connectivity index (χ1) is 7.02. The van der Waals surface area contributed by atoms with E-state index in [4.69, 9.17) is 4.74 Å². The Morgan fingerprint density at radius 3 is 2.40 bits per heavy atom. The van der Waals surface area contributed by atoms with Crippen LogP contribution in [-0.4, -0.2) is 27.9 Å². The number of benzene rings is 1. The molecule has 1 heterocycles. The first-order valence-corrected chi connectivity index (χ1v) is 4.70. The first-order valence-electron chi connectivity index (χ1n) is 4.70. The maximum absolute atomic E-state index is 11.4. The third-order valence-electron chi connectivity index (χ3n) is 2.50. The smallest absolute Gasteiger partial charge is 0.227 e. The van der Waals surface area contributed by atoms with E-state index in [1.165, 1.54) is 6.92 Å². The van der Waals surface area contributed by atoms with E-state index >= 15 is 0 Å². The zero-order valence-corrected chi connectivity index (χ0v) is 8.25. The molecule has 15 heavy (non-hydrogen) atoms. The van der Waals surface area contributed by atoms with E-state index in [9.17, 15) is 15.0 Å². The number of rotatable bonds is 1. The molecule has 0 radical (unpaired) electrons. The number of hydrogen-bond donors (Lipinski definition) is 2. The number of ketones is 1. The van der Waals surface area contributed by atoms with Gasteiger partial charge in [0.1, 0.15) is 12.2 Å². The summed E-state index contributed by atoms with van der Waals surface area (Å²) in [5.74, 6) is -2.59. The minimum atomic E-state index is -1.89. The quantitative estimate of drug-likeness (QED) is 0.701. The molecule has 0 aromatic heterocycles. The van der Waals surface area contributed by atoms with Crippen molar-refractivity contribution in [2.45, 2.75) is 24.9 Å². The summed E-state index contributed by atoms with van der Waals surface area (Å²) in [6, 6.07) is 8.86. The second-order valence-electron chi connectivity index (χ2n) is 3.74. The van der Waals surface area contributed by atoms with Gasteiger partial charge in [0.05, 0.1) is 0 Å². The lowest BCUT2D eigenvalue weighted by Crippen LogP contribution is -2.34. The molecule has 1 aliphatic rings. The maximum Gasteiger partial charge on any atom is 0.227 e. The number of carbonyl (C=O) groups is 1. The van der Waals surface area contributed by atoms with E-state index in [1.54, 1.807) is 24.3 Å². The average Bonchev–Trinajstić information content (AvgIpc) is 2.44. The average molecular weight is 208 g/mol. The van der Waals surface area contributed by atoms with E-state index < -0.39 is 23.8 Å². The van der Waals surface area contributed by atoms with Gasteiger partial charge in [0.2, 0.25) is 11.6 Å². The highest BCUT2D eigenvalue weighted by Crippen LogP contribution is 2.35. The molecule has 0 bridgehead atoms. The van der Waals surface area contributed by atoms with Crippen LogP contribution in [0, 0.1) is 0 Å². The summed E-state index contributed by atoms with van der Waals surface area (Å²) in [4.78, 5) is 11.4. The third-order valence-corrected chi connectivity index (χ3v) is 2.50. The molecule has 4 nitrogen and oxygen atoms in total. The van der Waals surface area contributed by atoms with Gasteiger partial charge in [-0.25, -0.2) is 0 Å². The van der Waals surface area contributed by atoms with Gasteiger partial charge in [-0.05, 0) is 12.5 Å². The van der Waals surface area contributed by atoms with Gasteiger partial charge in [-0.1, -0.05) is 30.3 Å². The molecule has 0 spiro atoms. The van der Waals surface area contributed by atoms with E-state index in [2.05, 4.69) is 0 Å². The fourth-order valence-corrected chi connectivity index (χ4v) is 1.67. The van der Waals surface area contributed by atoms with Gasteiger partial charge in [-0.15, -0.1) is 0 Å². The summed E-state index contributed by atoms with van der Waals surface area (Å²) in [6.07, 6.45) is -2.09. The Hall–Kier alpha value is -1.23. The van der Waals surface area contributed by atoms with Crippen molar-refractivity contribution in [1.82, 2.24) is 0 Å². The topological polar surface area (TPSA) is 66.8 Å². The van der Waals surface area contributed by atoms with Crippen LogP contribution in [0.15, 0.2) is 30.3 Å². The van der Waals surface area contributed by atoms with Crippen molar-refractivity contribution in [3.05, 3.63) is 35.9 Å². The second-order valence-corrected chi connectivity index (χ2v) is 3.74. The predicted molar refractivity (Wildman–Crippen MR) is 51.9 cm³/mol. The molecular weight excluding hydrogens is 196 g/mol. The van der Waals surface area contributed by atoms with Crippen LogP contribution in [0.25, 0.3) is 0 Å². The van der Waals surface area contributed by atoms with Crippen LogP contribution in [-0.2, 0) is 9.53 Å². The molecule has 0 aliphatic carbocycles. The number of hydrogen-bond acceptors (Lipinski definition) is 4. The van der Waals surface area contributed by atoms with Gasteiger partial charge in [0, 0.05) is 0 Å². The molecule has 2 N–H and O–H groups in total. The highest BCUT2D eigenvalue weighted by molar-refractivity contribution is 5.91. The van der Waals surface area contributed by atoms with Gasteiger partial charge in [0.25, 0.3) is 0 Å². The van der Waals surface area contributed by atoms with Gasteiger partial charge in [-0.3, -0.25) is 4.79 Å². The van der Waals surface area contributed by atoms with Crippen molar-refractivity contribution in [2.24, 2.45) is 0 Å². The molecule has 2 rings (SSSR count). The van der Waals surface area contributed by atoms with Crippen molar-refractivity contribution in [3.8, 4) is 0 Å². The lowest BCUT2D eigenvalue weighted by atomic mass is 10.0. The monoisotopic (exact) mass is 208 g/mol. The fraction of sp³-hybridized carbons (Fsp3) is 0.364. The molecule has 1 aliphatic heterocycles. The largest absolute Gasteiger partial charge is 0.382 e. The molecule has 0 amide bonds. The normalized spacial score (nSPS) is 35.8. The van der Waals surface area contributed by atoms with Crippen LogP contribution >= 0.6 is 0 Å². The lowest BCUT2D eigenvalue weighted by Gasteiger charge is -2.16. The van der Waals surface area contributed by atoms with Crippen LogP contribution in [0.2, 0.25) is 0 Å². The summed E-state index contributed by atoms with van der Waals surface area (Å²) in [5.41, 5.74) is 0.677. The van der Waals surface area contributed by atoms with Crippen molar-refractivity contribution in [3.63, 3.8) is 0 Å². The van der Waals surface area contributed by atoms with Gasteiger partial charge in [0.15, 0.2) is 0 Å². The van der Waals surface area contributed by atoms with Crippen LogP contribution < -0.4 is 0 Å². The Balaban J connectivity index is 2.31. The highest BCUT2D eigenvalue weighted by Gasteiger charge is 2.50. The van der Waals surface area contributed by atoms with Gasteiger partial charge >= 0.3 is 0 Å². The highest BCUT2D eigenvalue weighted by atomic mass is 16.7. The van der Waals surface area contributed by atoms with Crippen LogP contribution in [0.1, 0.15) is 18.6 Å². The van der Waals surface area contributed by atoms with E-state index in [-0.39, 0.29) is 0 Å². The van der Waals surface area contributed by atoms with Crippen LogP contribution in [0.3, 0.4) is 0 Å². The van der Waals surface area contributed by atoms with Crippen molar-refractivity contribution >= 4 is 5.78 Å². The van der Waals surface area contributed by atoms with E-state index in [1.807, 2.05) is 6.07 Å². The molecule has 1 saturated heterocycles. The minimum Gasteiger partial charge on any atom is -0.382 e. The SMILES string of the molecule is CC1(O)OC(c2ccccc2)C(O)C1=O. The Labute approximate surface area is 87.1 Å². The minimum absolute atomic E-state index is 0.677. The molecule has 3 atom stereocenters. The van der Waals surface area contributed by atoms with Crippen LogP contribution in [0.4, 0.5) is 0 Å². The Kier molecular flexibility index (Phi) is 2.34. The lowest BCUT2D eigenvalue weighted by molar-refractivity contribution is -0.187. The molecule has 1 aromatic rings. The molecule has 1 fully saturated rings. The summed E-state index contributed by atoms with van der Waals surface area (Å²) >= 11 is 0. The Morgan fingerprint density at radius 2 is 1.93 bits per heavy atom. The zero-order chi connectivity index (χ0) is 11.1. The fourth-order valence-electron chi connectivity index (χ4n) is 1.67. The standard InChI is InChI=1S/C11H12O4/c1-11(14)10(13)8(12)9(15-11)7-5-3-2-4-6-7/h2-6,8-9,12,14H,1H3.